The zero-order valence-corrected chi connectivity index (χ0v) is 9.84. The van der Waals surface area contributed by atoms with Crippen LogP contribution in [-0.2, 0) is 17.6 Å². The maximum Gasteiger partial charge on any atom is 0.180 e. The number of benzene rings is 1. The van der Waals surface area contributed by atoms with Crippen molar-refractivity contribution >= 4 is 22.3 Å². The Morgan fingerprint density at radius 1 is 1.41 bits per heavy atom. The van der Waals surface area contributed by atoms with Gasteiger partial charge in [-0.1, -0.05) is 12.1 Å². The summed E-state index contributed by atoms with van der Waals surface area (Å²) in [7, 11) is 0. The van der Waals surface area contributed by atoms with Crippen molar-refractivity contribution in [1.29, 1.82) is 0 Å². The van der Waals surface area contributed by atoms with Crippen molar-refractivity contribution < 1.29 is 9.18 Å². The number of Topliss-reactive ketones (excluding diaryl/α,β-unsaturated/α-hetero) is 1. The highest BCUT2D eigenvalue weighted by atomic mass is 32.1. The van der Waals surface area contributed by atoms with Gasteiger partial charge < -0.3 is 5.73 Å². The number of hydrogen-bond donors (Lipinski definition) is 1. The molecule has 0 aliphatic carbocycles. The predicted octanol–water partition coefficient (Wildman–Crippen LogP) is 2.22. The Labute approximate surface area is 102 Å². The van der Waals surface area contributed by atoms with Crippen LogP contribution in [0.1, 0.15) is 11.3 Å². The van der Waals surface area contributed by atoms with Gasteiger partial charge in [-0.3, -0.25) is 4.79 Å². The minimum absolute atomic E-state index is 0.000833. The summed E-state index contributed by atoms with van der Waals surface area (Å²) in [5, 5.41) is 2.22. The molecule has 0 spiro atoms. The summed E-state index contributed by atoms with van der Waals surface area (Å²) in [6, 6.07) is 6.05. The maximum atomic E-state index is 12.9. The number of halogens is 1. The second-order valence-corrected chi connectivity index (χ2v) is 4.59. The molecule has 0 aliphatic rings. The topological polar surface area (TPSA) is 56.0 Å². The van der Waals surface area contributed by atoms with E-state index in [2.05, 4.69) is 4.98 Å². The number of anilines is 1. The molecule has 0 saturated carbocycles. The van der Waals surface area contributed by atoms with Gasteiger partial charge in [-0.05, 0) is 17.7 Å². The van der Waals surface area contributed by atoms with Crippen LogP contribution in [0.25, 0.3) is 0 Å². The van der Waals surface area contributed by atoms with Crippen LogP contribution in [-0.4, -0.2) is 10.8 Å². The fourth-order valence-corrected chi connectivity index (χ4v) is 2.11. The third-order valence-electron chi connectivity index (χ3n) is 2.24. The van der Waals surface area contributed by atoms with E-state index in [0.29, 0.717) is 16.4 Å². The van der Waals surface area contributed by atoms with E-state index in [0.717, 1.165) is 0 Å². The monoisotopic (exact) mass is 250 g/mol. The quantitative estimate of drug-likeness (QED) is 0.905. The van der Waals surface area contributed by atoms with Crippen molar-refractivity contribution in [3.05, 3.63) is 46.7 Å². The van der Waals surface area contributed by atoms with E-state index < -0.39 is 0 Å². The molecule has 2 rings (SSSR count). The third kappa shape index (κ3) is 3.35. The number of ketones is 1. The second-order valence-electron chi connectivity index (χ2n) is 3.70. The highest BCUT2D eigenvalue weighted by Crippen LogP contribution is 2.13. The lowest BCUT2D eigenvalue weighted by Gasteiger charge is -1.99. The van der Waals surface area contributed by atoms with Gasteiger partial charge in [-0.25, -0.2) is 9.37 Å². The minimum atomic E-state index is -0.326. The summed E-state index contributed by atoms with van der Waals surface area (Å²) in [5.74, 6) is -0.325. The Kier molecular flexibility index (Phi) is 3.49. The van der Waals surface area contributed by atoms with Crippen molar-refractivity contribution in [2.75, 3.05) is 5.73 Å². The Balaban J connectivity index is 1.98. The molecule has 17 heavy (non-hydrogen) atoms. The van der Waals surface area contributed by atoms with Gasteiger partial charge in [-0.15, -0.1) is 11.3 Å². The van der Waals surface area contributed by atoms with Crippen molar-refractivity contribution in [3.63, 3.8) is 0 Å². The molecule has 0 radical (unpaired) electrons. The molecular formula is C12H11FN2OS. The van der Waals surface area contributed by atoms with Crippen LogP contribution in [0.15, 0.2) is 29.6 Å². The van der Waals surface area contributed by atoms with Crippen LogP contribution in [0.4, 0.5) is 9.52 Å². The number of nitrogens with zero attached hydrogens (tertiary/aromatic N) is 1. The van der Waals surface area contributed by atoms with Gasteiger partial charge in [0.1, 0.15) is 11.6 Å². The third-order valence-corrected chi connectivity index (χ3v) is 2.96. The van der Waals surface area contributed by atoms with Gasteiger partial charge in [0.2, 0.25) is 0 Å². The van der Waals surface area contributed by atoms with Crippen LogP contribution >= 0.6 is 11.3 Å². The predicted molar refractivity (Wildman–Crippen MR) is 65.3 cm³/mol. The van der Waals surface area contributed by atoms with Gasteiger partial charge in [0.25, 0.3) is 0 Å². The number of nitrogen functional groups attached to an aromatic ring is 1. The first-order valence-electron chi connectivity index (χ1n) is 5.09. The first-order valence-corrected chi connectivity index (χ1v) is 5.97. The molecule has 0 saturated heterocycles. The Morgan fingerprint density at radius 3 is 2.88 bits per heavy atom. The summed E-state index contributed by atoms with van der Waals surface area (Å²) in [6.45, 7) is 0. The minimum Gasteiger partial charge on any atom is -0.375 e. The molecule has 88 valence electrons. The fourth-order valence-electron chi connectivity index (χ4n) is 1.54. The van der Waals surface area contributed by atoms with Gasteiger partial charge in [0.05, 0.1) is 5.69 Å². The summed E-state index contributed by atoms with van der Waals surface area (Å²) < 4.78 is 12.9. The molecule has 5 heteroatoms. The van der Waals surface area contributed by atoms with Crippen LogP contribution in [0.3, 0.4) is 0 Å². The van der Waals surface area contributed by atoms with E-state index >= 15 is 0 Å². The number of thiazole rings is 1. The van der Waals surface area contributed by atoms with Crippen molar-refractivity contribution in [2.45, 2.75) is 12.8 Å². The van der Waals surface area contributed by atoms with Crippen molar-refractivity contribution in [2.24, 2.45) is 0 Å². The van der Waals surface area contributed by atoms with Gasteiger partial charge in [-0.2, -0.15) is 0 Å². The first kappa shape index (κ1) is 11.7. The molecule has 2 aromatic rings. The number of rotatable bonds is 4. The average molecular weight is 250 g/mol. The van der Waals surface area contributed by atoms with Gasteiger partial charge >= 0.3 is 0 Å². The van der Waals surface area contributed by atoms with E-state index in [4.69, 9.17) is 5.73 Å². The van der Waals surface area contributed by atoms with Gasteiger partial charge in [0, 0.05) is 18.2 Å². The molecule has 0 amide bonds. The highest BCUT2D eigenvalue weighted by Gasteiger charge is 2.08. The number of carbonyl (C=O) groups is 1. The van der Waals surface area contributed by atoms with Crippen molar-refractivity contribution in [1.82, 2.24) is 4.98 Å². The summed E-state index contributed by atoms with van der Waals surface area (Å²) in [6.07, 6.45) is 0.458. The molecule has 0 atom stereocenters. The number of aromatic nitrogens is 1. The van der Waals surface area contributed by atoms with E-state index in [1.165, 1.54) is 23.5 Å². The number of nitrogens with two attached hydrogens (primary N) is 1. The molecule has 0 bridgehead atoms. The number of carbonyl (C=O) groups excluding carboxylic acids is 1. The molecular weight excluding hydrogens is 239 g/mol. The van der Waals surface area contributed by atoms with Crippen molar-refractivity contribution in [3.8, 4) is 0 Å². The number of hydrogen-bond acceptors (Lipinski definition) is 4. The zero-order valence-electron chi connectivity index (χ0n) is 9.02. The smallest absolute Gasteiger partial charge is 0.180 e. The van der Waals surface area contributed by atoms with E-state index in [-0.39, 0.29) is 24.4 Å². The Bertz CT molecular complexity index is 539. The summed E-state index contributed by atoms with van der Waals surface area (Å²) in [5.41, 5.74) is 6.83. The van der Waals surface area contributed by atoms with E-state index in [1.54, 1.807) is 17.5 Å². The summed E-state index contributed by atoms with van der Waals surface area (Å²) >= 11 is 1.31. The molecule has 3 nitrogen and oxygen atoms in total. The Morgan fingerprint density at radius 2 is 2.24 bits per heavy atom. The maximum absolute atomic E-state index is 12.9. The fraction of sp³-hybridized carbons (Fsp3) is 0.167. The molecule has 0 fully saturated rings. The lowest BCUT2D eigenvalue weighted by atomic mass is 10.1. The standard InChI is InChI=1S/C12H11FN2OS/c13-9-3-1-2-8(4-9)5-11(16)6-10-7-17-12(14)15-10/h1-4,7H,5-6H2,(H2,14,15). The van der Waals surface area contributed by atoms with Gasteiger partial charge in [0.15, 0.2) is 5.13 Å². The molecule has 2 N–H and O–H groups in total. The molecule has 1 aromatic heterocycles. The van der Waals surface area contributed by atoms with Crippen LogP contribution in [0, 0.1) is 5.82 Å². The average Bonchev–Trinajstić information content (AvgIpc) is 2.63. The first-order chi connectivity index (χ1) is 8.13. The molecule has 1 aromatic carbocycles. The zero-order chi connectivity index (χ0) is 12.3. The Hall–Kier alpha value is -1.75. The van der Waals surface area contributed by atoms with Crippen LogP contribution in [0.5, 0.6) is 0 Å². The van der Waals surface area contributed by atoms with E-state index in [1.807, 2.05) is 0 Å². The summed E-state index contributed by atoms with van der Waals surface area (Å²) in [4.78, 5) is 15.7. The largest absolute Gasteiger partial charge is 0.375 e. The second kappa shape index (κ2) is 5.05. The molecule has 0 unspecified atom stereocenters. The normalized spacial score (nSPS) is 10.4. The van der Waals surface area contributed by atoms with Crippen LogP contribution in [0.2, 0.25) is 0 Å². The highest BCUT2D eigenvalue weighted by molar-refractivity contribution is 7.13. The molecule has 0 aliphatic heterocycles. The SMILES string of the molecule is Nc1nc(CC(=O)Cc2cccc(F)c2)cs1. The molecule has 1 heterocycles. The lowest BCUT2D eigenvalue weighted by Crippen LogP contribution is -2.07. The lowest BCUT2D eigenvalue weighted by molar-refractivity contribution is -0.117. The van der Waals surface area contributed by atoms with Crippen LogP contribution < -0.4 is 5.73 Å². The van der Waals surface area contributed by atoms with E-state index in [9.17, 15) is 9.18 Å².